The van der Waals surface area contributed by atoms with Gasteiger partial charge in [0.15, 0.2) is 0 Å². The fourth-order valence-electron chi connectivity index (χ4n) is 4.57. The van der Waals surface area contributed by atoms with E-state index >= 15 is 0 Å². The molecule has 0 saturated heterocycles. The van der Waals surface area contributed by atoms with Crippen molar-refractivity contribution in [2.24, 2.45) is 23.2 Å². The Morgan fingerprint density at radius 3 is 2.87 bits per heavy atom. The molecule has 3 aliphatic rings. The minimum atomic E-state index is 0.164. The molecule has 5 unspecified atom stereocenters. The summed E-state index contributed by atoms with van der Waals surface area (Å²) in [5, 5.41) is 0.164. The quantitative estimate of drug-likeness (QED) is 0.667. The molecule has 0 heterocycles. The van der Waals surface area contributed by atoms with Gasteiger partial charge in [-0.3, -0.25) is 4.79 Å². The Morgan fingerprint density at radius 1 is 1.47 bits per heavy atom. The molecule has 0 amide bonds. The summed E-state index contributed by atoms with van der Waals surface area (Å²) >= 11 is 1.55. The second kappa shape index (κ2) is 2.71. The zero-order chi connectivity index (χ0) is 10.8. The van der Waals surface area contributed by atoms with Crippen molar-refractivity contribution in [2.75, 3.05) is 0 Å². The van der Waals surface area contributed by atoms with Gasteiger partial charge in [-0.25, -0.2) is 0 Å². The maximum absolute atomic E-state index is 11.5. The van der Waals surface area contributed by atoms with E-state index in [9.17, 15) is 4.79 Å². The summed E-state index contributed by atoms with van der Waals surface area (Å²) in [4.78, 5) is 11.5. The van der Waals surface area contributed by atoms with Crippen LogP contribution in [0.2, 0.25) is 0 Å². The lowest BCUT2D eigenvalue weighted by atomic mass is 9.66. The van der Waals surface area contributed by atoms with E-state index in [0.717, 1.165) is 17.8 Å². The van der Waals surface area contributed by atoms with Gasteiger partial charge in [0.25, 0.3) is 0 Å². The molecule has 3 fully saturated rings. The average Bonchev–Trinajstić information content (AvgIpc) is 2.75. The van der Waals surface area contributed by atoms with E-state index < -0.39 is 0 Å². The van der Waals surface area contributed by atoms with Gasteiger partial charge < -0.3 is 0 Å². The highest BCUT2D eigenvalue weighted by Gasteiger charge is 2.81. The van der Waals surface area contributed by atoms with Crippen molar-refractivity contribution < 1.29 is 4.79 Å². The van der Waals surface area contributed by atoms with Gasteiger partial charge in [-0.2, -0.15) is 0 Å². The summed E-state index contributed by atoms with van der Waals surface area (Å²) in [6.45, 7) is 8.24. The molecule has 82 valence electrons. The van der Waals surface area contributed by atoms with Crippen LogP contribution < -0.4 is 0 Å². The third kappa shape index (κ3) is 1.04. The van der Waals surface area contributed by atoms with Crippen molar-refractivity contribution in [3.8, 4) is 0 Å². The molecule has 2 heteroatoms. The highest BCUT2D eigenvalue weighted by molar-refractivity contribution is 8.15. The van der Waals surface area contributed by atoms with Crippen LogP contribution in [0.15, 0.2) is 12.7 Å². The maximum atomic E-state index is 11.5. The molecule has 0 N–H and O–H groups in total. The van der Waals surface area contributed by atoms with E-state index in [1.807, 2.05) is 0 Å². The molecular weight excluding hydrogens is 204 g/mol. The summed E-state index contributed by atoms with van der Waals surface area (Å²) in [6.07, 6.45) is 5.61. The smallest absolute Gasteiger partial charge is 0.212 e. The zero-order valence-electron chi connectivity index (χ0n) is 9.45. The van der Waals surface area contributed by atoms with Gasteiger partial charge in [0, 0.05) is 4.75 Å². The minimum Gasteiger partial charge on any atom is -0.282 e. The molecule has 3 rings (SSSR count). The second-order valence-corrected chi connectivity index (χ2v) is 7.38. The van der Waals surface area contributed by atoms with Crippen LogP contribution in [0.4, 0.5) is 0 Å². The van der Waals surface area contributed by atoms with E-state index in [2.05, 4.69) is 20.4 Å². The summed E-state index contributed by atoms with van der Waals surface area (Å²) in [5.41, 5.74) is 0.683. The molecule has 1 spiro atoms. The molecule has 0 aliphatic heterocycles. The number of hydrogen-bond donors (Lipinski definition) is 0. The number of hydrogen-bond acceptors (Lipinski definition) is 2. The fourth-order valence-corrected chi connectivity index (χ4v) is 6.02. The standard InChI is InChI=1S/C13H18OS/c1-4-11(14)15-12(3)9-5-8(2)6-13(9)7-10(12)13/h4,8-10H,1,5-7H2,2-3H3. The van der Waals surface area contributed by atoms with Gasteiger partial charge in [0.1, 0.15) is 0 Å². The van der Waals surface area contributed by atoms with Crippen LogP contribution in [-0.4, -0.2) is 9.86 Å². The van der Waals surface area contributed by atoms with Crippen LogP contribution >= 0.6 is 11.8 Å². The first kappa shape index (κ1) is 9.95. The number of rotatable bonds is 2. The molecule has 3 saturated carbocycles. The topological polar surface area (TPSA) is 17.1 Å². The van der Waals surface area contributed by atoms with Gasteiger partial charge in [-0.15, -0.1) is 0 Å². The van der Waals surface area contributed by atoms with Gasteiger partial charge in [0.2, 0.25) is 5.12 Å². The number of carbonyl (C=O) groups is 1. The molecule has 0 aromatic rings. The highest BCUT2D eigenvalue weighted by Crippen LogP contribution is 2.85. The van der Waals surface area contributed by atoms with Crippen molar-refractivity contribution in [1.82, 2.24) is 0 Å². The summed E-state index contributed by atoms with van der Waals surface area (Å²) in [7, 11) is 0. The minimum absolute atomic E-state index is 0.164. The van der Waals surface area contributed by atoms with Gasteiger partial charge >= 0.3 is 0 Å². The lowest BCUT2D eigenvalue weighted by Crippen LogP contribution is -2.49. The van der Waals surface area contributed by atoms with Gasteiger partial charge in [-0.05, 0) is 55.4 Å². The van der Waals surface area contributed by atoms with E-state index in [1.54, 1.807) is 11.8 Å². The predicted molar refractivity (Wildman–Crippen MR) is 63.6 cm³/mol. The molecule has 15 heavy (non-hydrogen) atoms. The molecule has 5 atom stereocenters. The summed E-state index contributed by atoms with van der Waals surface area (Å²) < 4.78 is 0.246. The van der Waals surface area contributed by atoms with Crippen LogP contribution in [0.3, 0.4) is 0 Å². The molecule has 0 radical (unpaired) electrons. The Morgan fingerprint density at radius 2 is 2.20 bits per heavy atom. The first-order valence-corrected chi connectivity index (χ1v) is 6.70. The monoisotopic (exact) mass is 222 g/mol. The Kier molecular flexibility index (Phi) is 1.80. The third-order valence-electron chi connectivity index (χ3n) is 5.05. The molecule has 0 aromatic carbocycles. The Bertz CT molecular complexity index is 350. The van der Waals surface area contributed by atoms with Crippen molar-refractivity contribution in [3.05, 3.63) is 12.7 Å². The fraction of sp³-hybridized carbons (Fsp3) is 0.769. The Hall–Kier alpha value is -0.240. The van der Waals surface area contributed by atoms with E-state index in [0.29, 0.717) is 5.41 Å². The van der Waals surface area contributed by atoms with Crippen molar-refractivity contribution in [2.45, 2.75) is 37.9 Å². The second-order valence-electron chi connectivity index (χ2n) is 5.90. The molecule has 1 nitrogen and oxygen atoms in total. The molecular formula is C13H18OS. The Labute approximate surface area is 95.7 Å². The largest absolute Gasteiger partial charge is 0.282 e. The zero-order valence-corrected chi connectivity index (χ0v) is 10.3. The van der Waals surface area contributed by atoms with Crippen LogP contribution in [0, 0.1) is 23.2 Å². The lowest BCUT2D eigenvalue weighted by Gasteiger charge is -2.48. The van der Waals surface area contributed by atoms with E-state index in [4.69, 9.17) is 0 Å². The normalized spacial score (nSPS) is 55.2. The van der Waals surface area contributed by atoms with Crippen LogP contribution in [0.5, 0.6) is 0 Å². The lowest BCUT2D eigenvalue weighted by molar-refractivity contribution is -0.107. The summed E-state index contributed by atoms with van der Waals surface area (Å²) in [5.74, 6) is 2.51. The molecule has 0 bridgehead atoms. The first-order chi connectivity index (χ1) is 7.03. The van der Waals surface area contributed by atoms with Crippen LogP contribution in [-0.2, 0) is 4.79 Å². The van der Waals surface area contributed by atoms with Crippen molar-refractivity contribution in [1.29, 1.82) is 0 Å². The average molecular weight is 222 g/mol. The highest BCUT2D eigenvalue weighted by atomic mass is 32.2. The Balaban J connectivity index is 1.80. The number of carbonyl (C=O) groups excluding carboxylic acids is 1. The van der Waals surface area contributed by atoms with Crippen molar-refractivity contribution >= 4 is 16.9 Å². The van der Waals surface area contributed by atoms with Crippen LogP contribution in [0.1, 0.15) is 33.1 Å². The molecule has 0 aromatic heterocycles. The maximum Gasteiger partial charge on any atom is 0.212 e. The van der Waals surface area contributed by atoms with Crippen LogP contribution in [0.25, 0.3) is 0 Å². The first-order valence-electron chi connectivity index (χ1n) is 5.88. The van der Waals surface area contributed by atoms with Crippen molar-refractivity contribution in [3.63, 3.8) is 0 Å². The van der Waals surface area contributed by atoms with Gasteiger partial charge in [0.05, 0.1) is 0 Å². The predicted octanol–water partition coefficient (Wildman–Crippen LogP) is 3.26. The summed E-state index contributed by atoms with van der Waals surface area (Å²) in [6, 6.07) is 0. The van der Waals surface area contributed by atoms with Gasteiger partial charge in [-0.1, -0.05) is 25.3 Å². The number of thioether (sulfide) groups is 1. The third-order valence-corrected chi connectivity index (χ3v) is 6.43. The SMILES string of the molecule is C=CC(=O)SC1(C)C2CC(C)CC23CC31. The van der Waals surface area contributed by atoms with E-state index in [1.165, 1.54) is 25.3 Å². The van der Waals surface area contributed by atoms with E-state index in [-0.39, 0.29) is 9.86 Å². The molecule has 3 aliphatic carbocycles.